The van der Waals surface area contributed by atoms with Gasteiger partial charge in [0.2, 0.25) is 0 Å². The summed E-state index contributed by atoms with van der Waals surface area (Å²) in [7, 11) is 3.15. The van der Waals surface area contributed by atoms with Gasteiger partial charge in [0.15, 0.2) is 23.4 Å². The molecule has 0 aromatic heterocycles. The van der Waals surface area contributed by atoms with Crippen molar-refractivity contribution >= 4 is 23.3 Å². The van der Waals surface area contributed by atoms with Crippen molar-refractivity contribution < 1.29 is 23.7 Å². The van der Waals surface area contributed by atoms with E-state index in [1.165, 1.54) is 0 Å². The summed E-state index contributed by atoms with van der Waals surface area (Å²) in [6, 6.07) is 15.5. The molecule has 0 bridgehead atoms. The van der Waals surface area contributed by atoms with Crippen LogP contribution in [0.3, 0.4) is 0 Å². The fraction of sp³-hybridized carbons (Fsp3) is 0.440. The van der Waals surface area contributed by atoms with Gasteiger partial charge in [-0.3, -0.25) is 4.79 Å². The van der Waals surface area contributed by atoms with Crippen molar-refractivity contribution in [2.45, 2.75) is 39.8 Å². The zero-order chi connectivity index (χ0) is 24.3. The number of methoxy groups -OCH3 is 2. The molecular weight excluding hydrogens is 440 g/mol. The van der Waals surface area contributed by atoms with Crippen LogP contribution in [-0.2, 0) is 27.2 Å². The zero-order valence-corrected chi connectivity index (χ0v) is 20.8. The molecule has 0 fully saturated rings. The van der Waals surface area contributed by atoms with E-state index in [2.05, 4.69) is 10.6 Å². The maximum Gasteiger partial charge on any atom is 0.311 e. The first-order valence-corrected chi connectivity index (χ1v) is 11.2. The number of hydrogen-bond donors (Lipinski definition) is 2. The van der Waals surface area contributed by atoms with Crippen LogP contribution in [0.4, 0.5) is 0 Å². The molecule has 0 radical (unpaired) electrons. The van der Waals surface area contributed by atoms with E-state index < -0.39 is 5.41 Å². The standard InChI is InChI=1S/C25H34N2O5S/c1-25(2,3)23(28)31-16-20(13-18-9-7-6-8-10-18)27-24(33)26-15-19-11-12-21(32-17-29-4)22(14-19)30-5/h6-12,14,20H,13,15-17H2,1-5H3,(H2,26,27,33)/t20-/m0/s1. The number of esters is 1. The molecule has 1 atom stereocenters. The first kappa shape index (κ1) is 26.4. The molecule has 2 N–H and O–H groups in total. The van der Waals surface area contributed by atoms with Gasteiger partial charge in [-0.15, -0.1) is 0 Å². The molecule has 0 aliphatic rings. The lowest BCUT2D eigenvalue weighted by atomic mass is 9.97. The molecule has 0 saturated carbocycles. The van der Waals surface area contributed by atoms with Crippen LogP contribution in [0.25, 0.3) is 0 Å². The van der Waals surface area contributed by atoms with Crippen molar-refractivity contribution in [2.75, 3.05) is 27.6 Å². The average Bonchev–Trinajstić information content (AvgIpc) is 2.79. The van der Waals surface area contributed by atoms with Crippen LogP contribution in [0, 0.1) is 5.41 Å². The van der Waals surface area contributed by atoms with Gasteiger partial charge in [0, 0.05) is 13.7 Å². The second-order valence-electron chi connectivity index (χ2n) is 8.60. The highest BCUT2D eigenvalue weighted by Crippen LogP contribution is 2.28. The van der Waals surface area contributed by atoms with Crippen molar-refractivity contribution in [3.05, 3.63) is 59.7 Å². The third-order valence-corrected chi connectivity index (χ3v) is 4.96. The highest BCUT2D eigenvalue weighted by Gasteiger charge is 2.24. The number of carbonyl (C=O) groups is 1. The summed E-state index contributed by atoms with van der Waals surface area (Å²) in [5, 5.41) is 6.96. The molecule has 0 heterocycles. The van der Waals surface area contributed by atoms with E-state index in [9.17, 15) is 4.79 Å². The van der Waals surface area contributed by atoms with E-state index in [1.807, 2.05) is 69.3 Å². The molecule has 0 saturated heterocycles. The van der Waals surface area contributed by atoms with E-state index >= 15 is 0 Å². The van der Waals surface area contributed by atoms with Crippen LogP contribution in [0.2, 0.25) is 0 Å². The van der Waals surface area contributed by atoms with Gasteiger partial charge in [-0.05, 0) is 62.7 Å². The Morgan fingerprint density at radius 2 is 1.76 bits per heavy atom. The van der Waals surface area contributed by atoms with Gasteiger partial charge in [-0.1, -0.05) is 36.4 Å². The maximum atomic E-state index is 12.2. The van der Waals surface area contributed by atoms with Gasteiger partial charge in [-0.2, -0.15) is 0 Å². The van der Waals surface area contributed by atoms with Crippen molar-refractivity contribution in [3.63, 3.8) is 0 Å². The minimum Gasteiger partial charge on any atom is -0.493 e. The molecule has 33 heavy (non-hydrogen) atoms. The third-order valence-electron chi connectivity index (χ3n) is 4.70. The summed E-state index contributed by atoms with van der Waals surface area (Å²) in [6.45, 7) is 6.35. The van der Waals surface area contributed by atoms with Crippen LogP contribution >= 0.6 is 12.2 Å². The molecule has 0 aliphatic carbocycles. The van der Waals surface area contributed by atoms with Crippen molar-refractivity contribution in [2.24, 2.45) is 5.41 Å². The Bertz CT molecular complexity index is 899. The quantitative estimate of drug-likeness (QED) is 0.289. The number of ether oxygens (including phenoxy) is 4. The third kappa shape index (κ3) is 9.27. The lowest BCUT2D eigenvalue weighted by molar-refractivity contribution is -0.153. The van der Waals surface area contributed by atoms with E-state index in [0.29, 0.717) is 29.6 Å². The number of benzene rings is 2. The van der Waals surface area contributed by atoms with Crippen LogP contribution in [0.1, 0.15) is 31.9 Å². The summed E-state index contributed by atoms with van der Waals surface area (Å²) in [6.07, 6.45) is 0.666. The lowest BCUT2D eigenvalue weighted by Crippen LogP contribution is -2.45. The number of carbonyl (C=O) groups excluding carboxylic acids is 1. The van der Waals surface area contributed by atoms with Crippen molar-refractivity contribution in [3.8, 4) is 11.5 Å². The van der Waals surface area contributed by atoms with Gasteiger partial charge in [0.05, 0.1) is 18.6 Å². The Kier molecular flexibility index (Phi) is 10.4. The summed E-state index contributed by atoms with van der Waals surface area (Å²) in [4.78, 5) is 12.2. The van der Waals surface area contributed by atoms with Gasteiger partial charge in [-0.25, -0.2) is 0 Å². The molecule has 2 aromatic rings. The molecule has 0 amide bonds. The fourth-order valence-electron chi connectivity index (χ4n) is 2.93. The molecule has 180 valence electrons. The Hall–Kier alpha value is -2.84. The molecule has 2 aromatic carbocycles. The van der Waals surface area contributed by atoms with Gasteiger partial charge < -0.3 is 29.6 Å². The van der Waals surface area contributed by atoms with E-state index in [1.54, 1.807) is 14.2 Å². The van der Waals surface area contributed by atoms with Gasteiger partial charge in [0.1, 0.15) is 6.61 Å². The Morgan fingerprint density at radius 1 is 1.03 bits per heavy atom. The second kappa shape index (κ2) is 13.0. The van der Waals surface area contributed by atoms with E-state index in [-0.39, 0.29) is 25.4 Å². The monoisotopic (exact) mass is 474 g/mol. The Balaban J connectivity index is 1.97. The number of hydrogen-bond acceptors (Lipinski definition) is 6. The number of thiocarbonyl (C=S) groups is 1. The lowest BCUT2D eigenvalue weighted by Gasteiger charge is -2.23. The first-order valence-electron chi connectivity index (χ1n) is 10.8. The van der Waals surface area contributed by atoms with Crippen molar-refractivity contribution in [1.82, 2.24) is 10.6 Å². The summed E-state index contributed by atoms with van der Waals surface area (Å²) < 4.78 is 21.4. The summed E-state index contributed by atoms with van der Waals surface area (Å²) in [5.74, 6) is 0.970. The minimum atomic E-state index is -0.561. The highest BCUT2D eigenvalue weighted by molar-refractivity contribution is 7.80. The normalized spacial score (nSPS) is 11.9. The summed E-state index contributed by atoms with van der Waals surface area (Å²) >= 11 is 5.51. The van der Waals surface area contributed by atoms with Crippen LogP contribution < -0.4 is 20.1 Å². The smallest absolute Gasteiger partial charge is 0.311 e. The van der Waals surface area contributed by atoms with Crippen molar-refractivity contribution in [1.29, 1.82) is 0 Å². The van der Waals surface area contributed by atoms with Crippen LogP contribution in [0.15, 0.2) is 48.5 Å². The van der Waals surface area contributed by atoms with Crippen LogP contribution in [0.5, 0.6) is 11.5 Å². The highest BCUT2D eigenvalue weighted by atomic mass is 32.1. The topological polar surface area (TPSA) is 78.0 Å². The summed E-state index contributed by atoms with van der Waals surface area (Å²) in [5.41, 5.74) is 1.54. The Labute approximate surface area is 201 Å². The number of rotatable bonds is 11. The molecule has 7 nitrogen and oxygen atoms in total. The Morgan fingerprint density at radius 3 is 2.39 bits per heavy atom. The zero-order valence-electron chi connectivity index (χ0n) is 20.0. The second-order valence-corrected chi connectivity index (χ2v) is 9.01. The molecular formula is C25H34N2O5S. The largest absolute Gasteiger partial charge is 0.493 e. The minimum absolute atomic E-state index is 0.143. The van der Waals surface area contributed by atoms with Crippen LogP contribution in [-0.4, -0.2) is 44.7 Å². The molecule has 0 aliphatic heterocycles. The molecule has 8 heteroatoms. The molecule has 2 rings (SSSR count). The van der Waals surface area contributed by atoms with E-state index in [4.69, 9.17) is 31.2 Å². The fourth-order valence-corrected chi connectivity index (χ4v) is 3.16. The van der Waals surface area contributed by atoms with E-state index in [0.717, 1.165) is 11.1 Å². The SMILES string of the molecule is COCOc1ccc(CNC(=S)N[C@H](COC(=O)C(C)(C)C)Cc2ccccc2)cc1OC. The predicted octanol–water partition coefficient (Wildman–Crippen LogP) is 3.84. The maximum absolute atomic E-state index is 12.2. The first-order chi connectivity index (χ1) is 15.7. The predicted molar refractivity (Wildman–Crippen MR) is 132 cm³/mol. The number of nitrogens with one attached hydrogen (secondary N) is 2. The van der Waals surface area contributed by atoms with Gasteiger partial charge in [0.25, 0.3) is 0 Å². The average molecular weight is 475 g/mol. The van der Waals surface area contributed by atoms with Gasteiger partial charge >= 0.3 is 5.97 Å². The molecule has 0 unspecified atom stereocenters. The molecule has 0 spiro atoms.